The van der Waals surface area contributed by atoms with Crippen LogP contribution >= 0.6 is 13.5 Å². The van der Waals surface area contributed by atoms with Gasteiger partial charge in [-0.25, -0.2) is 0 Å². The van der Waals surface area contributed by atoms with Crippen LogP contribution in [-0.4, -0.2) is 43.3 Å². The first-order valence-corrected chi connectivity index (χ1v) is 20.1. The first-order valence-electron chi connectivity index (χ1n) is 16.1. The van der Waals surface area contributed by atoms with Crippen LogP contribution in [0.3, 0.4) is 0 Å². The zero-order valence-electron chi connectivity index (χ0n) is 26.1. The van der Waals surface area contributed by atoms with Gasteiger partial charge < -0.3 is 10.2 Å². The van der Waals surface area contributed by atoms with Crippen LogP contribution in [0.4, 0.5) is 0 Å². The summed E-state index contributed by atoms with van der Waals surface area (Å²) in [6.07, 6.45) is 28.8. The van der Waals surface area contributed by atoms with Crippen molar-refractivity contribution < 1.29 is 19.8 Å². The van der Waals surface area contributed by atoms with Crippen LogP contribution in [0.25, 0.3) is 0 Å². The van der Waals surface area contributed by atoms with Crippen molar-refractivity contribution in [3.63, 3.8) is 0 Å². The summed E-state index contributed by atoms with van der Waals surface area (Å²) in [6, 6.07) is 0. The van der Waals surface area contributed by atoms with E-state index in [0.29, 0.717) is 12.8 Å². The molecule has 0 atom stereocenters. The molecule has 0 aliphatic heterocycles. The second-order valence-corrected chi connectivity index (χ2v) is 14.7. The third kappa shape index (κ3) is 56.3. The second-order valence-electron chi connectivity index (χ2n) is 10.4. The number of hydrogen-bond donors (Lipinski definition) is 2. The topological polar surface area (TPSA) is 74.6 Å². The molecule has 2 radical (unpaired) electrons. The summed E-state index contributed by atoms with van der Waals surface area (Å²) in [6.45, 7) is 9.04. The molecule has 0 saturated carbocycles. The van der Waals surface area contributed by atoms with Gasteiger partial charge in [-0.1, -0.05) is 117 Å². The Kier molecular flexibility index (Phi) is 52.3. The van der Waals surface area contributed by atoms with Gasteiger partial charge in [0.2, 0.25) is 0 Å². The molecule has 0 aromatic rings. The molecule has 0 aromatic carbocycles. The third-order valence-corrected chi connectivity index (χ3v) is 10.4. The Bertz CT molecular complexity index is 398. The van der Waals surface area contributed by atoms with Gasteiger partial charge in [-0.2, -0.15) is 13.5 Å². The van der Waals surface area contributed by atoms with Gasteiger partial charge in [0.25, 0.3) is 0 Å². The summed E-state index contributed by atoms with van der Waals surface area (Å²) in [5, 5.41) is 16.8. The van der Waals surface area contributed by atoms with Crippen molar-refractivity contribution in [1.82, 2.24) is 0 Å². The van der Waals surface area contributed by atoms with Gasteiger partial charge in [0.05, 0.1) is 0 Å². The summed E-state index contributed by atoms with van der Waals surface area (Å²) in [7, 11) is 0. The molecule has 2 N–H and O–H groups in total. The minimum absolute atomic E-state index is 0. The van der Waals surface area contributed by atoms with E-state index >= 15 is 0 Å². The number of carbonyl (C=O) groups is 2. The largest absolute Gasteiger partial charge is 0.197 e. The molecule has 38 heavy (non-hydrogen) atoms. The zero-order chi connectivity index (χ0) is 28.2. The number of unbranched alkanes of at least 4 members (excludes halogenated alkanes) is 18. The average Bonchev–Trinajstić information content (AvgIpc) is 2.87. The van der Waals surface area contributed by atoms with E-state index < -0.39 is 11.9 Å². The SMILES string of the molecule is CCCCCCCCCCCC(=O)O.CCCCCCCCCCCC(=O)O.CCC[CH2][Sn][CH2]CCC.S. The van der Waals surface area contributed by atoms with Crippen LogP contribution in [0, 0.1) is 0 Å². The molecule has 0 rings (SSSR count). The summed E-state index contributed by atoms with van der Waals surface area (Å²) in [5.41, 5.74) is 0. The summed E-state index contributed by atoms with van der Waals surface area (Å²) in [4.78, 5) is 20.4. The van der Waals surface area contributed by atoms with E-state index in [4.69, 9.17) is 10.2 Å². The van der Waals surface area contributed by atoms with Crippen molar-refractivity contribution in [3.05, 3.63) is 0 Å². The van der Waals surface area contributed by atoms with Gasteiger partial charge in [-0.3, -0.25) is 9.59 Å². The van der Waals surface area contributed by atoms with E-state index in [1.54, 1.807) is 8.87 Å². The smallest absolute Gasteiger partial charge is 0.197 e. The maximum Gasteiger partial charge on any atom is -0.197 e. The van der Waals surface area contributed by atoms with Gasteiger partial charge in [0, 0.05) is 12.8 Å². The predicted molar refractivity (Wildman–Crippen MR) is 175 cm³/mol. The molecule has 0 aliphatic rings. The molecule has 0 saturated heterocycles. The molecule has 0 unspecified atom stereocenters. The quantitative estimate of drug-likeness (QED) is 0.0711. The maximum atomic E-state index is 10.2. The van der Waals surface area contributed by atoms with Gasteiger partial charge >= 0.3 is 81.5 Å². The van der Waals surface area contributed by atoms with Crippen molar-refractivity contribution in [2.45, 2.75) is 191 Å². The van der Waals surface area contributed by atoms with Gasteiger partial charge in [-0.05, 0) is 12.8 Å². The molecule has 0 spiro atoms. The molecule has 0 heterocycles. The van der Waals surface area contributed by atoms with E-state index in [1.807, 2.05) is 0 Å². The van der Waals surface area contributed by atoms with Crippen LogP contribution in [0.2, 0.25) is 8.87 Å². The molecule has 0 fully saturated rings. The predicted octanol–water partition coefficient (Wildman–Crippen LogP) is 11.2. The minimum Gasteiger partial charge on any atom is -0.197 e. The molecular formula is C32H68O4SSn. The van der Waals surface area contributed by atoms with Crippen LogP contribution in [0.15, 0.2) is 0 Å². The fourth-order valence-corrected chi connectivity index (χ4v) is 8.06. The molecular weight excluding hydrogens is 599 g/mol. The Balaban J connectivity index is -0.000000231. The fourth-order valence-electron chi connectivity index (χ4n) is 3.90. The Labute approximate surface area is 256 Å². The first kappa shape index (κ1) is 45.1. The Morgan fingerprint density at radius 2 is 0.658 bits per heavy atom. The Morgan fingerprint density at radius 1 is 0.421 bits per heavy atom. The molecule has 0 bridgehead atoms. The summed E-state index contributed by atoms with van der Waals surface area (Å²) < 4.78 is 3.25. The van der Waals surface area contributed by atoms with E-state index in [0.717, 1.165) is 25.7 Å². The monoisotopic (exact) mass is 668 g/mol. The van der Waals surface area contributed by atoms with E-state index in [1.165, 1.54) is 116 Å². The number of aliphatic carboxylic acids is 2. The molecule has 0 aromatic heterocycles. The minimum atomic E-state index is -0.659. The molecule has 4 nitrogen and oxygen atoms in total. The zero-order valence-corrected chi connectivity index (χ0v) is 29.9. The number of rotatable bonds is 26. The second kappa shape index (κ2) is 44.1. The number of carboxylic acids is 2. The Hall–Kier alpha value is 0.0887. The van der Waals surface area contributed by atoms with Crippen LogP contribution in [-0.2, 0) is 9.59 Å². The summed E-state index contributed by atoms with van der Waals surface area (Å²) in [5.74, 6) is -1.32. The van der Waals surface area contributed by atoms with E-state index in [-0.39, 0.29) is 34.6 Å². The van der Waals surface area contributed by atoms with Crippen molar-refractivity contribution in [3.8, 4) is 0 Å². The van der Waals surface area contributed by atoms with Crippen molar-refractivity contribution >= 4 is 46.6 Å². The molecule has 230 valence electrons. The van der Waals surface area contributed by atoms with Gasteiger partial charge in [-0.15, -0.1) is 0 Å². The van der Waals surface area contributed by atoms with Crippen LogP contribution in [0.5, 0.6) is 0 Å². The van der Waals surface area contributed by atoms with Gasteiger partial charge in [0.15, 0.2) is 0 Å². The standard InChI is InChI=1S/2C12H24O2.2C4H9.H2S.Sn/c2*1-2-3-4-5-6-7-8-9-10-11-12(13)14;2*1-3-4-2;;/h2*2-11H2,1H3,(H,13,14);2*1,3-4H2,2H3;1H2;. The van der Waals surface area contributed by atoms with E-state index in [2.05, 4.69) is 27.7 Å². The fraction of sp³-hybridized carbons (Fsp3) is 0.938. The molecule has 6 heteroatoms. The summed E-state index contributed by atoms with van der Waals surface area (Å²) >= 11 is 0.149. The van der Waals surface area contributed by atoms with Crippen molar-refractivity contribution in [2.24, 2.45) is 0 Å². The maximum absolute atomic E-state index is 10.2. The first-order chi connectivity index (χ1) is 18.0. The number of hydrogen-bond acceptors (Lipinski definition) is 2. The molecule has 0 amide bonds. The number of carboxylic acid groups (broad SMARTS) is 2. The normalized spacial score (nSPS) is 10.0. The van der Waals surface area contributed by atoms with Crippen LogP contribution in [0.1, 0.15) is 182 Å². The Morgan fingerprint density at radius 3 is 0.895 bits per heavy atom. The van der Waals surface area contributed by atoms with Gasteiger partial charge in [0.1, 0.15) is 0 Å². The van der Waals surface area contributed by atoms with Crippen molar-refractivity contribution in [1.29, 1.82) is 0 Å². The van der Waals surface area contributed by atoms with Crippen LogP contribution < -0.4 is 0 Å². The van der Waals surface area contributed by atoms with E-state index in [9.17, 15) is 9.59 Å². The molecule has 0 aliphatic carbocycles. The third-order valence-electron chi connectivity index (χ3n) is 6.40. The average molecular weight is 668 g/mol. The van der Waals surface area contributed by atoms with Crippen molar-refractivity contribution in [2.75, 3.05) is 0 Å².